The highest BCUT2D eigenvalue weighted by molar-refractivity contribution is 6.35. The number of halogens is 4. The van der Waals surface area contributed by atoms with Crippen molar-refractivity contribution in [3.63, 3.8) is 0 Å². The molecular formula is C16H16ClF3N8O2. The zero-order valence-electron chi connectivity index (χ0n) is 16.0. The molecule has 2 amide bonds. The van der Waals surface area contributed by atoms with E-state index in [9.17, 15) is 22.8 Å². The third kappa shape index (κ3) is 4.15. The van der Waals surface area contributed by atoms with Crippen LogP contribution in [-0.2, 0) is 33.9 Å². The van der Waals surface area contributed by atoms with E-state index in [0.29, 0.717) is 0 Å². The van der Waals surface area contributed by atoms with Crippen molar-refractivity contribution in [1.29, 1.82) is 0 Å². The molecule has 14 heteroatoms. The van der Waals surface area contributed by atoms with Crippen molar-refractivity contribution in [3.8, 4) is 0 Å². The molecule has 0 aromatic carbocycles. The lowest BCUT2D eigenvalue weighted by atomic mass is 10.2. The molecular weight excluding hydrogens is 429 g/mol. The second kappa shape index (κ2) is 7.82. The van der Waals surface area contributed by atoms with Gasteiger partial charge in [-0.15, -0.1) is 0 Å². The van der Waals surface area contributed by atoms with E-state index in [2.05, 4.69) is 25.9 Å². The smallest absolute Gasteiger partial charge is 0.346 e. The fourth-order valence-electron chi connectivity index (χ4n) is 2.73. The number of amides is 2. The standard InChI is InChI=1S/C16H16ClF3N8O2/c1-26-7-8(5-22-26)4-21-14(29)11-9(6-23-27(11)2)24-15(30)12-10(17)13(16(18,19)20)25-28(12)3/h5-7H,4H2,1-3H3,(H,21,29)(H,24,30). The van der Waals surface area contributed by atoms with Crippen molar-refractivity contribution < 1.29 is 22.8 Å². The van der Waals surface area contributed by atoms with Gasteiger partial charge in [0.1, 0.15) is 16.4 Å². The number of carbonyl (C=O) groups is 2. The lowest BCUT2D eigenvalue weighted by Crippen LogP contribution is -2.27. The van der Waals surface area contributed by atoms with E-state index < -0.39 is 34.4 Å². The molecule has 0 fully saturated rings. The molecule has 0 spiro atoms. The Morgan fingerprint density at radius 1 is 1.07 bits per heavy atom. The Bertz CT molecular complexity index is 1110. The molecule has 0 saturated heterocycles. The van der Waals surface area contributed by atoms with Crippen LogP contribution in [0.5, 0.6) is 0 Å². The summed E-state index contributed by atoms with van der Waals surface area (Å²) in [5.41, 5.74) is -1.13. The summed E-state index contributed by atoms with van der Waals surface area (Å²) in [4.78, 5) is 25.1. The Morgan fingerprint density at radius 2 is 1.77 bits per heavy atom. The van der Waals surface area contributed by atoms with Crippen LogP contribution < -0.4 is 10.6 Å². The number of hydrogen-bond donors (Lipinski definition) is 2. The van der Waals surface area contributed by atoms with Crippen molar-refractivity contribution in [1.82, 2.24) is 34.7 Å². The summed E-state index contributed by atoms with van der Waals surface area (Å²) in [5, 5.41) is 15.4. The van der Waals surface area contributed by atoms with Crippen molar-refractivity contribution in [3.05, 3.63) is 46.3 Å². The first-order valence-electron chi connectivity index (χ1n) is 8.37. The quantitative estimate of drug-likeness (QED) is 0.622. The van der Waals surface area contributed by atoms with Crippen molar-refractivity contribution >= 4 is 29.1 Å². The molecule has 160 valence electrons. The van der Waals surface area contributed by atoms with Gasteiger partial charge < -0.3 is 10.6 Å². The first-order valence-corrected chi connectivity index (χ1v) is 8.75. The number of aromatic nitrogens is 6. The molecule has 0 atom stereocenters. The lowest BCUT2D eigenvalue weighted by Gasteiger charge is -2.09. The van der Waals surface area contributed by atoms with Crippen LogP contribution in [0.3, 0.4) is 0 Å². The van der Waals surface area contributed by atoms with Gasteiger partial charge in [-0.25, -0.2) is 0 Å². The third-order valence-corrected chi connectivity index (χ3v) is 4.44. The highest BCUT2D eigenvalue weighted by atomic mass is 35.5. The summed E-state index contributed by atoms with van der Waals surface area (Å²) in [6.07, 6.45) is -0.325. The highest BCUT2D eigenvalue weighted by Crippen LogP contribution is 2.35. The fraction of sp³-hybridized carbons (Fsp3) is 0.312. The first-order chi connectivity index (χ1) is 14.0. The maximum absolute atomic E-state index is 13.0. The second-order valence-corrected chi connectivity index (χ2v) is 6.70. The van der Waals surface area contributed by atoms with Gasteiger partial charge in [0.05, 0.1) is 18.1 Å². The van der Waals surface area contributed by atoms with Crippen LogP contribution in [0.15, 0.2) is 18.6 Å². The zero-order chi connectivity index (χ0) is 22.2. The predicted octanol–water partition coefficient (Wildman–Crippen LogP) is 1.74. The molecule has 0 saturated carbocycles. The Labute approximate surface area is 172 Å². The van der Waals surface area contributed by atoms with Crippen LogP contribution in [0.2, 0.25) is 5.02 Å². The van der Waals surface area contributed by atoms with Crippen molar-refractivity contribution in [2.24, 2.45) is 21.1 Å². The second-order valence-electron chi connectivity index (χ2n) is 6.32. The van der Waals surface area contributed by atoms with E-state index in [4.69, 9.17) is 11.6 Å². The molecule has 0 aliphatic carbocycles. The minimum atomic E-state index is -4.82. The average molecular weight is 445 g/mol. The first kappa shape index (κ1) is 21.4. The van der Waals surface area contributed by atoms with Gasteiger partial charge in [0.25, 0.3) is 11.8 Å². The molecule has 3 rings (SSSR count). The van der Waals surface area contributed by atoms with E-state index in [1.54, 1.807) is 24.1 Å². The topological polar surface area (TPSA) is 112 Å². The molecule has 0 aliphatic heterocycles. The van der Waals surface area contributed by atoms with Gasteiger partial charge in [0, 0.05) is 39.4 Å². The number of rotatable bonds is 5. The number of alkyl halides is 3. The summed E-state index contributed by atoms with van der Waals surface area (Å²) in [6, 6.07) is 0. The number of aryl methyl sites for hydroxylation is 3. The van der Waals surface area contributed by atoms with Gasteiger partial charge in [0.15, 0.2) is 5.69 Å². The van der Waals surface area contributed by atoms with Crippen LogP contribution in [0.25, 0.3) is 0 Å². The van der Waals surface area contributed by atoms with E-state index in [1.165, 1.54) is 17.9 Å². The van der Waals surface area contributed by atoms with Gasteiger partial charge in [-0.05, 0) is 0 Å². The van der Waals surface area contributed by atoms with Crippen LogP contribution in [0, 0.1) is 0 Å². The molecule has 10 nitrogen and oxygen atoms in total. The normalized spacial score (nSPS) is 11.6. The monoisotopic (exact) mass is 444 g/mol. The SMILES string of the molecule is Cn1cc(CNC(=O)c2c(NC(=O)c3c(Cl)c(C(F)(F)F)nn3C)cnn2C)cn1. The maximum Gasteiger partial charge on any atom is 0.436 e. The summed E-state index contributed by atoms with van der Waals surface area (Å²) < 4.78 is 42.4. The Hall–Kier alpha value is -3.35. The highest BCUT2D eigenvalue weighted by Gasteiger charge is 2.40. The number of nitrogens with one attached hydrogen (secondary N) is 2. The maximum atomic E-state index is 13.0. The molecule has 3 heterocycles. The largest absolute Gasteiger partial charge is 0.436 e. The molecule has 30 heavy (non-hydrogen) atoms. The van der Waals surface area contributed by atoms with E-state index in [0.717, 1.165) is 17.3 Å². The summed E-state index contributed by atoms with van der Waals surface area (Å²) in [5.74, 6) is -1.53. The Kier molecular flexibility index (Phi) is 5.57. The third-order valence-electron chi connectivity index (χ3n) is 4.09. The van der Waals surface area contributed by atoms with Crippen molar-refractivity contribution in [2.45, 2.75) is 12.7 Å². The molecule has 2 N–H and O–H groups in total. The van der Waals surface area contributed by atoms with E-state index in [1.807, 2.05) is 0 Å². The molecule has 0 radical (unpaired) electrons. The van der Waals surface area contributed by atoms with Gasteiger partial charge in [0.2, 0.25) is 0 Å². The Morgan fingerprint density at radius 3 is 2.33 bits per heavy atom. The molecule has 0 aliphatic rings. The molecule has 0 bridgehead atoms. The van der Waals surface area contributed by atoms with E-state index >= 15 is 0 Å². The average Bonchev–Trinajstić information content (AvgIpc) is 3.30. The molecule has 3 aromatic rings. The van der Waals surface area contributed by atoms with E-state index in [-0.39, 0.29) is 17.9 Å². The van der Waals surface area contributed by atoms with Gasteiger partial charge in [-0.3, -0.25) is 23.6 Å². The van der Waals surface area contributed by atoms with Gasteiger partial charge in [-0.2, -0.15) is 28.5 Å². The minimum absolute atomic E-state index is 0.00146. The fourth-order valence-corrected chi connectivity index (χ4v) is 3.09. The number of nitrogens with zero attached hydrogens (tertiary/aromatic N) is 6. The van der Waals surface area contributed by atoms with Gasteiger partial charge in [-0.1, -0.05) is 11.6 Å². The van der Waals surface area contributed by atoms with Crippen LogP contribution in [-0.4, -0.2) is 41.2 Å². The lowest BCUT2D eigenvalue weighted by molar-refractivity contribution is -0.141. The summed E-state index contributed by atoms with van der Waals surface area (Å²) >= 11 is 5.73. The van der Waals surface area contributed by atoms with Gasteiger partial charge >= 0.3 is 6.18 Å². The molecule has 3 aromatic heterocycles. The van der Waals surface area contributed by atoms with Crippen molar-refractivity contribution in [2.75, 3.05) is 5.32 Å². The van der Waals surface area contributed by atoms with Crippen LogP contribution in [0.4, 0.5) is 18.9 Å². The Balaban J connectivity index is 1.81. The number of hydrogen-bond acceptors (Lipinski definition) is 5. The summed E-state index contributed by atoms with van der Waals surface area (Å²) in [6.45, 7) is 0.174. The van der Waals surface area contributed by atoms with Crippen LogP contribution >= 0.6 is 11.6 Å². The predicted molar refractivity (Wildman–Crippen MR) is 98.8 cm³/mol. The number of anilines is 1. The minimum Gasteiger partial charge on any atom is -0.346 e. The zero-order valence-corrected chi connectivity index (χ0v) is 16.7. The van der Waals surface area contributed by atoms with Crippen LogP contribution in [0.1, 0.15) is 32.2 Å². The number of carbonyl (C=O) groups excluding carboxylic acids is 2. The molecule has 0 unspecified atom stereocenters. The summed E-state index contributed by atoms with van der Waals surface area (Å²) in [7, 11) is 4.36.